The number of thiazole rings is 1. The van der Waals surface area contributed by atoms with E-state index in [1.165, 1.54) is 17.4 Å². The first-order valence-corrected chi connectivity index (χ1v) is 8.70. The molecule has 3 rings (SSSR count). The van der Waals surface area contributed by atoms with Gasteiger partial charge in [-0.3, -0.25) is 10.1 Å². The molecule has 0 atom stereocenters. The van der Waals surface area contributed by atoms with Crippen LogP contribution in [0.2, 0.25) is 0 Å². The van der Waals surface area contributed by atoms with Gasteiger partial charge in [0.15, 0.2) is 16.6 Å². The first kappa shape index (κ1) is 17.8. The van der Waals surface area contributed by atoms with Crippen LogP contribution < -0.4 is 14.8 Å². The van der Waals surface area contributed by atoms with E-state index in [1.807, 2.05) is 36.6 Å². The number of carbonyl (C=O) groups is 1. The summed E-state index contributed by atoms with van der Waals surface area (Å²) in [6.07, 6.45) is 3.03. The first-order valence-electron chi connectivity index (χ1n) is 7.82. The summed E-state index contributed by atoms with van der Waals surface area (Å²) in [4.78, 5) is 16.5. The molecule has 2 heterocycles. The van der Waals surface area contributed by atoms with E-state index >= 15 is 0 Å². The maximum atomic E-state index is 12.0. The van der Waals surface area contributed by atoms with Gasteiger partial charge < -0.3 is 13.9 Å². The lowest BCUT2D eigenvalue weighted by Crippen LogP contribution is -2.07. The number of anilines is 1. The molecule has 0 aliphatic heterocycles. The number of furan rings is 1. The average molecular weight is 370 g/mol. The number of nitrogens with zero attached hydrogens (tertiary/aromatic N) is 1. The Balaban J connectivity index is 1.69. The summed E-state index contributed by atoms with van der Waals surface area (Å²) in [6, 6.07) is 9.20. The zero-order valence-corrected chi connectivity index (χ0v) is 15.4. The van der Waals surface area contributed by atoms with Crippen LogP contribution in [0.4, 0.5) is 5.13 Å². The normalized spacial score (nSPS) is 10.9. The van der Waals surface area contributed by atoms with Crippen molar-refractivity contribution in [1.82, 2.24) is 4.98 Å². The first-order chi connectivity index (χ1) is 12.6. The number of aryl methyl sites for hydroxylation is 1. The van der Waals surface area contributed by atoms with Gasteiger partial charge in [0.05, 0.1) is 19.9 Å². The largest absolute Gasteiger partial charge is 0.493 e. The van der Waals surface area contributed by atoms with E-state index in [2.05, 4.69) is 10.3 Å². The minimum atomic E-state index is -0.271. The molecule has 0 saturated carbocycles. The highest BCUT2D eigenvalue weighted by atomic mass is 32.1. The summed E-state index contributed by atoms with van der Waals surface area (Å²) >= 11 is 1.35. The van der Waals surface area contributed by atoms with Gasteiger partial charge in [-0.15, -0.1) is 11.3 Å². The summed E-state index contributed by atoms with van der Waals surface area (Å²) in [5, 5.41) is 5.13. The third-order valence-corrected chi connectivity index (χ3v) is 4.33. The Hall–Kier alpha value is -3.06. The van der Waals surface area contributed by atoms with Gasteiger partial charge in [-0.25, -0.2) is 4.98 Å². The molecule has 7 heteroatoms. The standard InChI is InChI=1S/C19H18N2O4S/c1-12-4-6-14(25-12)7-9-18(22)21-19-20-15(11-26-19)13-5-8-16(23-2)17(10-13)24-3/h4-11H,1-3H3,(H,20,21,22). The van der Waals surface area contributed by atoms with Crippen molar-refractivity contribution in [2.75, 3.05) is 19.5 Å². The summed E-state index contributed by atoms with van der Waals surface area (Å²) < 4.78 is 15.9. The van der Waals surface area contributed by atoms with Gasteiger partial charge in [-0.05, 0) is 43.3 Å². The maximum absolute atomic E-state index is 12.0. The number of rotatable bonds is 6. The van der Waals surface area contributed by atoms with Crippen molar-refractivity contribution >= 4 is 28.5 Å². The molecular formula is C19H18N2O4S. The number of hydrogen-bond donors (Lipinski definition) is 1. The van der Waals surface area contributed by atoms with Crippen LogP contribution in [0.3, 0.4) is 0 Å². The molecule has 0 aliphatic carbocycles. The summed E-state index contributed by atoms with van der Waals surface area (Å²) in [7, 11) is 3.17. The van der Waals surface area contributed by atoms with E-state index < -0.39 is 0 Å². The fourth-order valence-electron chi connectivity index (χ4n) is 2.31. The van der Waals surface area contributed by atoms with E-state index in [0.717, 1.165) is 17.0 Å². The fraction of sp³-hybridized carbons (Fsp3) is 0.158. The Morgan fingerprint density at radius 2 is 2.00 bits per heavy atom. The second-order valence-electron chi connectivity index (χ2n) is 5.38. The van der Waals surface area contributed by atoms with Gasteiger partial charge in [-0.2, -0.15) is 0 Å². The lowest BCUT2D eigenvalue weighted by atomic mass is 10.1. The van der Waals surface area contributed by atoms with Crippen molar-refractivity contribution < 1.29 is 18.7 Å². The minimum absolute atomic E-state index is 0.271. The molecule has 26 heavy (non-hydrogen) atoms. The molecule has 0 spiro atoms. The number of hydrogen-bond acceptors (Lipinski definition) is 6. The van der Waals surface area contributed by atoms with E-state index in [9.17, 15) is 4.79 Å². The lowest BCUT2D eigenvalue weighted by molar-refractivity contribution is -0.111. The van der Waals surface area contributed by atoms with Crippen LogP contribution in [0.1, 0.15) is 11.5 Å². The van der Waals surface area contributed by atoms with Gasteiger partial charge in [0.1, 0.15) is 11.5 Å². The minimum Gasteiger partial charge on any atom is -0.493 e. The Kier molecular flexibility index (Phi) is 5.38. The summed E-state index contributed by atoms with van der Waals surface area (Å²) in [5.41, 5.74) is 1.62. The van der Waals surface area contributed by atoms with Crippen LogP contribution in [0.15, 0.2) is 46.2 Å². The number of methoxy groups -OCH3 is 2. The molecule has 3 aromatic rings. The predicted octanol–water partition coefficient (Wildman–Crippen LogP) is 4.38. The van der Waals surface area contributed by atoms with Crippen molar-refractivity contribution in [3.8, 4) is 22.8 Å². The quantitative estimate of drug-likeness (QED) is 0.652. The lowest BCUT2D eigenvalue weighted by Gasteiger charge is -2.08. The Labute approximate surface area is 155 Å². The number of nitrogens with one attached hydrogen (secondary N) is 1. The van der Waals surface area contributed by atoms with E-state index in [4.69, 9.17) is 13.9 Å². The third-order valence-electron chi connectivity index (χ3n) is 3.57. The van der Waals surface area contributed by atoms with Gasteiger partial charge in [-0.1, -0.05) is 0 Å². The highest BCUT2D eigenvalue weighted by molar-refractivity contribution is 7.14. The molecule has 0 fully saturated rings. The second kappa shape index (κ2) is 7.88. The van der Waals surface area contributed by atoms with Gasteiger partial charge in [0, 0.05) is 17.0 Å². The van der Waals surface area contributed by atoms with Gasteiger partial charge in [0.2, 0.25) is 5.91 Å². The zero-order chi connectivity index (χ0) is 18.5. The van der Waals surface area contributed by atoms with E-state index in [0.29, 0.717) is 22.4 Å². The highest BCUT2D eigenvalue weighted by Gasteiger charge is 2.10. The molecule has 1 N–H and O–H groups in total. The van der Waals surface area contributed by atoms with E-state index in [1.54, 1.807) is 26.4 Å². The highest BCUT2D eigenvalue weighted by Crippen LogP contribution is 2.33. The average Bonchev–Trinajstić information content (AvgIpc) is 3.28. The predicted molar refractivity (Wildman–Crippen MR) is 102 cm³/mol. The molecule has 1 aromatic carbocycles. The molecule has 0 bridgehead atoms. The molecule has 2 aromatic heterocycles. The van der Waals surface area contributed by atoms with Crippen molar-refractivity contribution in [2.24, 2.45) is 0 Å². The smallest absolute Gasteiger partial charge is 0.250 e. The molecule has 6 nitrogen and oxygen atoms in total. The van der Waals surface area contributed by atoms with Crippen molar-refractivity contribution in [3.63, 3.8) is 0 Å². The number of aromatic nitrogens is 1. The monoisotopic (exact) mass is 370 g/mol. The molecule has 0 aliphatic rings. The van der Waals surface area contributed by atoms with Crippen LogP contribution in [0.25, 0.3) is 17.3 Å². The van der Waals surface area contributed by atoms with E-state index in [-0.39, 0.29) is 5.91 Å². The summed E-state index contributed by atoms with van der Waals surface area (Å²) in [6.45, 7) is 1.85. The van der Waals surface area contributed by atoms with Crippen molar-refractivity contribution in [2.45, 2.75) is 6.92 Å². The molecule has 1 amide bonds. The molecule has 0 unspecified atom stereocenters. The van der Waals surface area contributed by atoms with Crippen LogP contribution >= 0.6 is 11.3 Å². The van der Waals surface area contributed by atoms with Crippen LogP contribution in [0, 0.1) is 6.92 Å². The van der Waals surface area contributed by atoms with Crippen LogP contribution in [-0.4, -0.2) is 25.1 Å². The SMILES string of the molecule is COc1ccc(-c2csc(NC(=O)C=Cc3ccc(C)o3)n2)cc1OC. The van der Waals surface area contributed by atoms with Crippen molar-refractivity contribution in [1.29, 1.82) is 0 Å². The molecule has 134 valence electrons. The Morgan fingerprint density at radius 1 is 1.19 bits per heavy atom. The third kappa shape index (κ3) is 4.12. The summed E-state index contributed by atoms with van der Waals surface area (Å²) in [5.74, 6) is 2.43. The van der Waals surface area contributed by atoms with Crippen molar-refractivity contribution in [3.05, 3.63) is 53.3 Å². The van der Waals surface area contributed by atoms with Crippen LogP contribution in [-0.2, 0) is 4.79 Å². The fourth-order valence-corrected chi connectivity index (χ4v) is 3.03. The topological polar surface area (TPSA) is 73.6 Å². The number of ether oxygens (including phenoxy) is 2. The Bertz CT molecular complexity index is 943. The van der Waals surface area contributed by atoms with Gasteiger partial charge in [0.25, 0.3) is 0 Å². The van der Waals surface area contributed by atoms with Crippen LogP contribution in [0.5, 0.6) is 11.5 Å². The molecular weight excluding hydrogens is 352 g/mol. The molecule has 0 saturated heterocycles. The van der Waals surface area contributed by atoms with Gasteiger partial charge >= 0.3 is 0 Å². The second-order valence-corrected chi connectivity index (χ2v) is 6.24. The molecule has 0 radical (unpaired) electrons. The number of amides is 1. The zero-order valence-electron chi connectivity index (χ0n) is 14.6. The Morgan fingerprint density at radius 3 is 2.69 bits per heavy atom. The maximum Gasteiger partial charge on any atom is 0.250 e. The number of carbonyl (C=O) groups excluding carboxylic acids is 1. The number of benzene rings is 1.